The van der Waals surface area contributed by atoms with Gasteiger partial charge in [-0.05, 0) is 23.3 Å². The molecule has 1 aliphatic rings. The summed E-state index contributed by atoms with van der Waals surface area (Å²) >= 11 is 0. The molecule has 0 saturated carbocycles. The molecule has 21 heavy (non-hydrogen) atoms. The van der Waals surface area contributed by atoms with Gasteiger partial charge in [0, 0.05) is 0 Å². The molecule has 1 aliphatic heterocycles. The summed E-state index contributed by atoms with van der Waals surface area (Å²) in [5.74, 6) is 0.334. The van der Waals surface area contributed by atoms with Gasteiger partial charge in [-0.15, -0.1) is 0 Å². The largest absolute Gasteiger partial charge is 0.479 e. The van der Waals surface area contributed by atoms with Gasteiger partial charge in [-0.1, -0.05) is 36.4 Å². The van der Waals surface area contributed by atoms with Crippen molar-refractivity contribution in [3.8, 4) is 11.5 Å². The van der Waals surface area contributed by atoms with E-state index < -0.39 is 12.1 Å². The first-order valence-corrected chi connectivity index (χ1v) is 6.52. The van der Waals surface area contributed by atoms with Crippen LogP contribution in [0, 0.1) is 0 Å². The average Bonchev–Trinajstić information content (AvgIpc) is 2.96. The summed E-state index contributed by atoms with van der Waals surface area (Å²) in [4.78, 5) is 11.3. The molecule has 0 aliphatic carbocycles. The number of hydrogen-bond acceptors (Lipinski definition) is 4. The Kier molecular flexibility index (Phi) is 3.75. The Morgan fingerprint density at radius 3 is 2.67 bits per heavy atom. The topological polar surface area (TPSA) is 65.0 Å². The summed E-state index contributed by atoms with van der Waals surface area (Å²) in [7, 11) is 0. The second-order valence-corrected chi connectivity index (χ2v) is 4.63. The van der Waals surface area contributed by atoms with E-state index in [1.807, 2.05) is 12.1 Å². The molecule has 5 heteroatoms. The third-order valence-corrected chi connectivity index (χ3v) is 3.18. The van der Waals surface area contributed by atoms with Crippen LogP contribution in [0.5, 0.6) is 11.5 Å². The van der Waals surface area contributed by atoms with E-state index in [9.17, 15) is 9.90 Å². The third kappa shape index (κ3) is 2.98. The highest BCUT2D eigenvalue weighted by Crippen LogP contribution is 2.33. The molecule has 1 unspecified atom stereocenters. The predicted octanol–water partition coefficient (Wildman–Crippen LogP) is 2.76. The van der Waals surface area contributed by atoms with Crippen LogP contribution in [0.1, 0.15) is 17.2 Å². The van der Waals surface area contributed by atoms with Crippen LogP contribution in [-0.4, -0.2) is 17.9 Å². The number of benzene rings is 2. The third-order valence-electron chi connectivity index (χ3n) is 3.18. The van der Waals surface area contributed by atoms with Gasteiger partial charge in [0.25, 0.3) is 0 Å². The summed E-state index contributed by atoms with van der Waals surface area (Å²) in [5.41, 5.74) is 1.45. The van der Waals surface area contributed by atoms with Crippen LogP contribution < -0.4 is 9.47 Å². The molecule has 1 heterocycles. The van der Waals surface area contributed by atoms with Crippen LogP contribution in [0.3, 0.4) is 0 Å². The van der Waals surface area contributed by atoms with E-state index in [1.165, 1.54) is 0 Å². The van der Waals surface area contributed by atoms with E-state index >= 15 is 0 Å². The van der Waals surface area contributed by atoms with Crippen molar-refractivity contribution in [1.29, 1.82) is 0 Å². The Bertz CT molecular complexity index is 638. The zero-order valence-corrected chi connectivity index (χ0v) is 11.2. The molecular formula is C16H14O5. The number of fused-ring (bicyclic) bond motifs is 1. The predicted molar refractivity (Wildman–Crippen MR) is 74.2 cm³/mol. The van der Waals surface area contributed by atoms with E-state index in [4.69, 9.17) is 14.2 Å². The van der Waals surface area contributed by atoms with E-state index in [2.05, 4.69) is 0 Å². The van der Waals surface area contributed by atoms with Gasteiger partial charge in [0.05, 0.1) is 6.61 Å². The Morgan fingerprint density at radius 1 is 1.14 bits per heavy atom. The van der Waals surface area contributed by atoms with Gasteiger partial charge in [-0.2, -0.15) is 0 Å². The summed E-state index contributed by atoms with van der Waals surface area (Å²) in [6, 6.07) is 14.3. The summed E-state index contributed by atoms with van der Waals surface area (Å²) < 4.78 is 16.1. The molecule has 2 aromatic carbocycles. The van der Waals surface area contributed by atoms with Gasteiger partial charge in [-0.3, -0.25) is 0 Å². The van der Waals surface area contributed by atoms with E-state index in [-0.39, 0.29) is 13.4 Å². The van der Waals surface area contributed by atoms with Crippen LogP contribution in [0.25, 0.3) is 0 Å². The summed E-state index contributed by atoms with van der Waals surface area (Å²) in [6.45, 7) is 0.393. The lowest BCUT2D eigenvalue weighted by Crippen LogP contribution is -2.15. The molecule has 1 atom stereocenters. The second-order valence-electron chi connectivity index (χ2n) is 4.63. The highest BCUT2D eigenvalue weighted by molar-refractivity contribution is 5.74. The average molecular weight is 286 g/mol. The molecular weight excluding hydrogens is 272 g/mol. The van der Waals surface area contributed by atoms with Crippen LogP contribution in [0.2, 0.25) is 0 Å². The Hall–Kier alpha value is -2.53. The lowest BCUT2D eigenvalue weighted by atomic mass is 10.1. The Labute approximate surface area is 121 Å². The fraction of sp³-hybridized carbons (Fsp3) is 0.188. The number of carbonyl (C=O) groups is 1. The van der Waals surface area contributed by atoms with Crippen molar-refractivity contribution < 1.29 is 24.1 Å². The van der Waals surface area contributed by atoms with E-state index in [0.29, 0.717) is 17.1 Å². The highest BCUT2D eigenvalue weighted by Gasteiger charge is 2.21. The zero-order chi connectivity index (χ0) is 14.7. The molecule has 0 fully saturated rings. The summed E-state index contributed by atoms with van der Waals surface area (Å²) in [5, 5.41) is 9.29. The van der Waals surface area contributed by atoms with Gasteiger partial charge < -0.3 is 19.3 Å². The fourth-order valence-electron chi connectivity index (χ4n) is 2.15. The Morgan fingerprint density at radius 2 is 1.90 bits per heavy atom. The molecule has 2 aromatic rings. The van der Waals surface area contributed by atoms with Crippen molar-refractivity contribution in [2.45, 2.75) is 12.7 Å². The smallest absolute Gasteiger partial charge is 0.337 e. The molecule has 5 nitrogen and oxygen atoms in total. The molecule has 0 amide bonds. The monoisotopic (exact) mass is 286 g/mol. The maximum atomic E-state index is 11.3. The van der Waals surface area contributed by atoms with Gasteiger partial charge >= 0.3 is 5.97 Å². The number of ether oxygens (including phenoxy) is 3. The quantitative estimate of drug-likeness (QED) is 0.915. The number of rotatable bonds is 5. The van der Waals surface area contributed by atoms with E-state index in [0.717, 1.165) is 5.56 Å². The van der Waals surface area contributed by atoms with Gasteiger partial charge in [0.1, 0.15) is 0 Å². The highest BCUT2D eigenvalue weighted by atomic mass is 16.7. The Balaban J connectivity index is 1.71. The lowest BCUT2D eigenvalue weighted by molar-refractivity contribution is -0.151. The first kappa shape index (κ1) is 13.5. The van der Waals surface area contributed by atoms with Crippen molar-refractivity contribution in [3.05, 3.63) is 59.7 Å². The zero-order valence-electron chi connectivity index (χ0n) is 11.2. The number of carboxylic acids is 1. The first-order valence-electron chi connectivity index (χ1n) is 6.52. The maximum absolute atomic E-state index is 11.3. The van der Waals surface area contributed by atoms with Crippen LogP contribution >= 0.6 is 0 Å². The summed E-state index contributed by atoms with van der Waals surface area (Å²) in [6.07, 6.45) is -0.989. The number of aliphatic carboxylic acids is 1. The van der Waals surface area contributed by atoms with Crippen LogP contribution in [-0.2, 0) is 16.1 Å². The molecule has 3 rings (SSSR count). The van der Waals surface area contributed by atoms with Crippen LogP contribution in [0.4, 0.5) is 0 Å². The van der Waals surface area contributed by atoms with Crippen molar-refractivity contribution in [1.82, 2.24) is 0 Å². The minimum absolute atomic E-state index is 0.183. The van der Waals surface area contributed by atoms with Crippen molar-refractivity contribution in [2.24, 2.45) is 0 Å². The molecule has 0 radical (unpaired) electrons. The minimum atomic E-state index is -1.01. The second kappa shape index (κ2) is 5.85. The SMILES string of the molecule is O=C(O)C(OCc1ccc2c(c1)OCO2)c1ccccc1. The van der Waals surface area contributed by atoms with Crippen LogP contribution in [0.15, 0.2) is 48.5 Å². The molecule has 1 N–H and O–H groups in total. The molecule has 0 spiro atoms. The van der Waals surface area contributed by atoms with E-state index in [1.54, 1.807) is 36.4 Å². The minimum Gasteiger partial charge on any atom is -0.479 e. The van der Waals surface area contributed by atoms with Crippen molar-refractivity contribution in [3.63, 3.8) is 0 Å². The van der Waals surface area contributed by atoms with Crippen molar-refractivity contribution in [2.75, 3.05) is 6.79 Å². The number of hydrogen-bond donors (Lipinski definition) is 1. The first-order chi connectivity index (χ1) is 10.2. The lowest BCUT2D eigenvalue weighted by Gasteiger charge is -2.14. The molecule has 108 valence electrons. The standard InChI is InChI=1S/C16H14O5/c17-16(18)15(12-4-2-1-3-5-12)19-9-11-6-7-13-14(8-11)21-10-20-13/h1-8,15H,9-10H2,(H,17,18). The van der Waals surface area contributed by atoms with Crippen molar-refractivity contribution >= 4 is 5.97 Å². The van der Waals surface area contributed by atoms with Gasteiger partial charge in [0.2, 0.25) is 6.79 Å². The maximum Gasteiger partial charge on any atom is 0.337 e. The fourth-order valence-corrected chi connectivity index (χ4v) is 2.15. The molecule has 0 aromatic heterocycles. The number of carboxylic acid groups (broad SMARTS) is 1. The molecule has 0 saturated heterocycles. The van der Waals surface area contributed by atoms with Gasteiger partial charge in [-0.25, -0.2) is 4.79 Å². The normalized spacial score (nSPS) is 13.9. The molecule has 0 bridgehead atoms. The van der Waals surface area contributed by atoms with Gasteiger partial charge in [0.15, 0.2) is 17.6 Å².